The van der Waals surface area contributed by atoms with Gasteiger partial charge in [0.1, 0.15) is 0 Å². The van der Waals surface area contributed by atoms with Gasteiger partial charge < -0.3 is 15.2 Å². The Labute approximate surface area is 127 Å². The molecule has 2 aliphatic rings. The van der Waals surface area contributed by atoms with Crippen molar-refractivity contribution in [2.45, 2.75) is 31.9 Å². The quantitative estimate of drug-likeness (QED) is 0.693. The summed E-state index contributed by atoms with van der Waals surface area (Å²) >= 11 is 0. The Kier molecular flexibility index (Phi) is 4.39. The number of nitrogens with zero attached hydrogens (tertiary/aromatic N) is 2. The number of hydrogen-bond acceptors (Lipinski definition) is 5. The number of ether oxygens (including phenoxy) is 1. The molecule has 8 nitrogen and oxygen atoms in total. The van der Waals surface area contributed by atoms with Crippen LogP contribution < -0.4 is 5.32 Å². The summed E-state index contributed by atoms with van der Waals surface area (Å²) in [4.78, 5) is 25.0. The normalized spacial score (nSPS) is 21.5. The second kappa shape index (κ2) is 6.45. The van der Waals surface area contributed by atoms with Gasteiger partial charge >= 0.3 is 5.97 Å². The van der Waals surface area contributed by atoms with Crippen LogP contribution in [-0.2, 0) is 22.5 Å². The van der Waals surface area contributed by atoms with E-state index in [1.807, 2.05) is 4.90 Å². The Bertz CT molecular complexity index is 565. The molecule has 1 aromatic rings. The van der Waals surface area contributed by atoms with Crippen molar-refractivity contribution in [3.05, 3.63) is 17.0 Å². The highest BCUT2D eigenvalue weighted by molar-refractivity contribution is 5.87. The number of aromatic carboxylic acids is 1. The van der Waals surface area contributed by atoms with Gasteiger partial charge in [0.15, 0.2) is 5.69 Å². The van der Waals surface area contributed by atoms with E-state index in [-0.39, 0.29) is 24.2 Å². The van der Waals surface area contributed by atoms with E-state index in [1.165, 1.54) is 0 Å². The first-order chi connectivity index (χ1) is 10.6. The van der Waals surface area contributed by atoms with E-state index in [0.29, 0.717) is 31.6 Å². The molecule has 8 heteroatoms. The van der Waals surface area contributed by atoms with Crippen LogP contribution in [0.25, 0.3) is 0 Å². The second-order valence-electron chi connectivity index (χ2n) is 5.73. The molecule has 0 bridgehead atoms. The molecule has 0 radical (unpaired) electrons. The van der Waals surface area contributed by atoms with E-state index >= 15 is 0 Å². The van der Waals surface area contributed by atoms with Gasteiger partial charge in [-0.2, -0.15) is 5.10 Å². The van der Waals surface area contributed by atoms with E-state index in [1.54, 1.807) is 0 Å². The molecule has 1 fully saturated rings. The number of aromatic nitrogens is 2. The number of carbonyl (C=O) groups excluding carboxylic acids is 1. The SMILES string of the molecule is O=C(CN1CCc2[nH]nc(C(=O)O)c2C1)NCC1CCCO1. The monoisotopic (exact) mass is 308 g/mol. The van der Waals surface area contributed by atoms with Gasteiger partial charge in [0.25, 0.3) is 0 Å². The van der Waals surface area contributed by atoms with Crippen molar-refractivity contribution in [3.8, 4) is 0 Å². The Morgan fingerprint density at radius 1 is 1.50 bits per heavy atom. The lowest BCUT2D eigenvalue weighted by Crippen LogP contribution is -2.42. The Balaban J connectivity index is 1.52. The van der Waals surface area contributed by atoms with E-state index in [0.717, 1.165) is 25.1 Å². The fraction of sp³-hybridized carbons (Fsp3) is 0.643. The molecular formula is C14H20N4O4. The van der Waals surface area contributed by atoms with Gasteiger partial charge in [-0.15, -0.1) is 0 Å². The third-order valence-electron chi connectivity index (χ3n) is 4.13. The summed E-state index contributed by atoms with van der Waals surface area (Å²) in [5.41, 5.74) is 1.60. The van der Waals surface area contributed by atoms with Crippen molar-refractivity contribution in [1.29, 1.82) is 0 Å². The number of aromatic amines is 1. The molecule has 1 unspecified atom stereocenters. The summed E-state index contributed by atoms with van der Waals surface area (Å²) < 4.78 is 5.47. The van der Waals surface area contributed by atoms with Gasteiger partial charge in [0.2, 0.25) is 5.91 Å². The molecule has 0 aliphatic carbocycles. The fourth-order valence-electron chi connectivity index (χ4n) is 2.95. The summed E-state index contributed by atoms with van der Waals surface area (Å²) in [6.07, 6.45) is 2.84. The van der Waals surface area contributed by atoms with Crippen LogP contribution in [0.3, 0.4) is 0 Å². The number of H-pyrrole nitrogens is 1. The van der Waals surface area contributed by atoms with E-state index in [9.17, 15) is 9.59 Å². The predicted molar refractivity (Wildman–Crippen MR) is 76.5 cm³/mol. The van der Waals surface area contributed by atoms with Crippen LogP contribution in [-0.4, -0.2) is 64.4 Å². The third-order valence-corrected chi connectivity index (χ3v) is 4.13. The zero-order chi connectivity index (χ0) is 15.5. The molecule has 3 heterocycles. The number of hydrogen-bond donors (Lipinski definition) is 3. The first-order valence-corrected chi connectivity index (χ1v) is 7.53. The third kappa shape index (κ3) is 3.28. The highest BCUT2D eigenvalue weighted by atomic mass is 16.5. The van der Waals surface area contributed by atoms with Gasteiger partial charge in [-0.1, -0.05) is 0 Å². The summed E-state index contributed by atoms with van der Waals surface area (Å²) in [7, 11) is 0. The lowest BCUT2D eigenvalue weighted by Gasteiger charge is -2.26. The molecule has 0 saturated carbocycles. The minimum atomic E-state index is -1.04. The molecule has 22 heavy (non-hydrogen) atoms. The highest BCUT2D eigenvalue weighted by Crippen LogP contribution is 2.20. The number of rotatable bonds is 5. The lowest BCUT2D eigenvalue weighted by atomic mass is 10.1. The number of fused-ring (bicyclic) bond motifs is 1. The summed E-state index contributed by atoms with van der Waals surface area (Å²) in [5.74, 6) is -1.10. The lowest BCUT2D eigenvalue weighted by molar-refractivity contribution is -0.123. The first-order valence-electron chi connectivity index (χ1n) is 7.53. The van der Waals surface area contributed by atoms with Gasteiger partial charge in [-0.05, 0) is 12.8 Å². The van der Waals surface area contributed by atoms with Crippen molar-refractivity contribution in [2.75, 3.05) is 26.2 Å². The molecule has 3 rings (SSSR count). The Hall–Kier alpha value is -1.93. The predicted octanol–water partition coefficient (Wildman–Crippen LogP) is -0.239. The summed E-state index contributed by atoms with van der Waals surface area (Å²) in [6.45, 7) is 2.72. The minimum absolute atomic E-state index is 0.0551. The zero-order valence-corrected chi connectivity index (χ0v) is 12.3. The van der Waals surface area contributed by atoms with Crippen LogP contribution in [0.4, 0.5) is 0 Å². The fourth-order valence-corrected chi connectivity index (χ4v) is 2.95. The van der Waals surface area contributed by atoms with Crippen LogP contribution in [0.1, 0.15) is 34.6 Å². The van der Waals surface area contributed by atoms with E-state index in [2.05, 4.69) is 15.5 Å². The van der Waals surface area contributed by atoms with Crippen molar-refractivity contribution in [1.82, 2.24) is 20.4 Å². The summed E-state index contributed by atoms with van der Waals surface area (Å²) in [5, 5.41) is 18.6. The van der Waals surface area contributed by atoms with E-state index in [4.69, 9.17) is 9.84 Å². The van der Waals surface area contributed by atoms with Crippen LogP contribution in [0.15, 0.2) is 0 Å². The standard InChI is InChI=1S/C14H20N4O4/c19-12(15-6-9-2-1-5-22-9)8-18-4-3-11-10(7-18)13(14(20)21)17-16-11/h9H,1-8H2,(H,15,19)(H,16,17)(H,20,21). The molecule has 0 spiro atoms. The number of carboxylic acids is 1. The number of carboxylic acid groups (broad SMARTS) is 1. The largest absolute Gasteiger partial charge is 0.476 e. The van der Waals surface area contributed by atoms with Crippen molar-refractivity contribution in [2.24, 2.45) is 0 Å². The maximum Gasteiger partial charge on any atom is 0.356 e. The molecular weight excluding hydrogens is 288 g/mol. The maximum atomic E-state index is 12.0. The highest BCUT2D eigenvalue weighted by Gasteiger charge is 2.26. The van der Waals surface area contributed by atoms with Crippen molar-refractivity contribution >= 4 is 11.9 Å². The number of nitrogens with one attached hydrogen (secondary N) is 2. The molecule has 3 N–H and O–H groups in total. The average Bonchev–Trinajstić information content (AvgIpc) is 3.14. The average molecular weight is 308 g/mol. The van der Waals surface area contributed by atoms with Gasteiger partial charge in [-0.25, -0.2) is 4.79 Å². The van der Waals surface area contributed by atoms with Crippen LogP contribution in [0.2, 0.25) is 0 Å². The minimum Gasteiger partial charge on any atom is -0.476 e. The number of carbonyl (C=O) groups is 2. The molecule has 2 aliphatic heterocycles. The van der Waals surface area contributed by atoms with E-state index < -0.39 is 5.97 Å². The molecule has 0 aromatic carbocycles. The molecule has 1 aromatic heterocycles. The molecule has 120 valence electrons. The second-order valence-corrected chi connectivity index (χ2v) is 5.73. The van der Waals surface area contributed by atoms with Crippen LogP contribution in [0.5, 0.6) is 0 Å². The first kappa shape index (κ1) is 15.0. The molecule has 1 saturated heterocycles. The Morgan fingerprint density at radius 2 is 2.36 bits per heavy atom. The molecule has 1 amide bonds. The van der Waals surface area contributed by atoms with Crippen LogP contribution >= 0.6 is 0 Å². The number of amides is 1. The molecule has 1 atom stereocenters. The van der Waals surface area contributed by atoms with Gasteiger partial charge in [-0.3, -0.25) is 14.8 Å². The van der Waals surface area contributed by atoms with Gasteiger partial charge in [0, 0.05) is 43.9 Å². The Morgan fingerprint density at radius 3 is 3.09 bits per heavy atom. The maximum absolute atomic E-state index is 12.0. The topological polar surface area (TPSA) is 108 Å². The van der Waals surface area contributed by atoms with Crippen molar-refractivity contribution in [3.63, 3.8) is 0 Å². The zero-order valence-electron chi connectivity index (χ0n) is 12.3. The van der Waals surface area contributed by atoms with Crippen molar-refractivity contribution < 1.29 is 19.4 Å². The van der Waals surface area contributed by atoms with Crippen LogP contribution in [0, 0.1) is 0 Å². The summed E-state index contributed by atoms with van der Waals surface area (Å²) in [6, 6.07) is 0. The smallest absolute Gasteiger partial charge is 0.356 e. The van der Waals surface area contributed by atoms with Gasteiger partial charge in [0.05, 0.1) is 12.6 Å².